The zero-order valence-corrected chi connectivity index (χ0v) is 10.3. The maximum atomic E-state index is 10.7. The van der Waals surface area contributed by atoms with Crippen molar-refractivity contribution in [2.75, 3.05) is 20.3 Å². The lowest BCUT2D eigenvalue weighted by atomic mass is 10.3. The van der Waals surface area contributed by atoms with E-state index in [9.17, 15) is 4.79 Å². The van der Waals surface area contributed by atoms with E-state index >= 15 is 0 Å². The van der Waals surface area contributed by atoms with Crippen molar-refractivity contribution in [1.29, 1.82) is 0 Å². The van der Waals surface area contributed by atoms with Crippen LogP contribution in [0.15, 0.2) is 24.3 Å². The molecule has 0 radical (unpaired) electrons. The molecule has 0 aromatic rings. The topological polar surface area (TPSA) is 35.5 Å². The first-order valence-electron chi connectivity index (χ1n) is 5.74. The Bertz CT molecular complexity index is 219. The molecule has 3 heteroatoms. The second kappa shape index (κ2) is 12.0. The maximum absolute atomic E-state index is 10.7. The third kappa shape index (κ3) is 11.0. The van der Waals surface area contributed by atoms with Crippen molar-refractivity contribution >= 4 is 5.97 Å². The lowest BCUT2D eigenvalue weighted by Gasteiger charge is -2.00. The van der Waals surface area contributed by atoms with Gasteiger partial charge in [0.25, 0.3) is 0 Å². The Morgan fingerprint density at radius 1 is 1.12 bits per heavy atom. The molecule has 0 aliphatic carbocycles. The highest BCUT2D eigenvalue weighted by atomic mass is 16.5. The molecule has 0 spiro atoms. The molecule has 0 atom stereocenters. The fourth-order valence-electron chi connectivity index (χ4n) is 1.12. The average Bonchev–Trinajstić information content (AvgIpc) is 2.31. The Hall–Kier alpha value is -1.09. The molecule has 0 saturated carbocycles. The van der Waals surface area contributed by atoms with Gasteiger partial charge < -0.3 is 9.47 Å². The number of carbonyl (C=O) groups is 1. The van der Waals surface area contributed by atoms with Gasteiger partial charge in [0.05, 0.1) is 7.11 Å². The van der Waals surface area contributed by atoms with E-state index in [1.807, 2.05) is 13.0 Å². The van der Waals surface area contributed by atoms with Gasteiger partial charge in [-0.1, -0.05) is 18.2 Å². The van der Waals surface area contributed by atoms with Crippen LogP contribution in [0.3, 0.4) is 0 Å². The zero-order valence-electron chi connectivity index (χ0n) is 10.3. The number of unbranched alkanes of at least 4 members (excludes halogenated alkanes) is 2. The second-order valence-electron chi connectivity index (χ2n) is 3.39. The molecule has 0 rings (SSSR count). The minimum absolute atomic E-state index is 0.299. The van der Waals surface area contributed by atoms with Crippen LogP contribution in [0.4, 0.5) is 0 Å². The Kier molecular flexibility index (Phi) is 11.2. The predicted molar refractivity (Wildman–Crippen MR) is 65.3 cm³/mol. The quantitative estimate of drug-likeness (QED) is 0.262. The summed E-state index contributed by atoms with van der Waals surface area (Å²) in [7, 11) is 1.38. The SMILES string of the molecule is C/C=C/CCCOCCC/C=C/C(=O)OC. The Balaban J connectivity index is 3.15. The first kappa shape index (κ1) is 14.9. The smallest absolute Gasteiger partial charge is 0.330 e. The van der Waals surface area contributed by atoms with Crippen molar-refractivity contribution in [1.82, 2.24) is 0 Å². The average molecular weight is 226 g/mol. The first-order chi connectivity index (χ1) is 7.81. The molecule has 0 N–H and O–H groups in total. The summed E-state index contributed by atoms with van der Waals surface area (Å²) in [6.45, 7) is 3.58. The van der Waals surface area contributed by atoms with Crippen LogP contribution in [-0.4, -0.2) is 26.3 Å². The molecule has 16 heavy (non-hydrogen) atoms. The van der Waals surface area contributed by atoms with Gasteiger partial charge in [-0.3, -0.25) is 0 Å². The van der Waals surface area contributed by atoms with Crippen molar-refractivity contribution in [3.8, 4) is 0 Å². The molecule has 0 unspecified atom stereocenters. The monoisotopic (exact) mass is 226 g/mol. The summed E-state index contributed by atoms with van der Waals surface area (Å²) in [5.74, 6) is -0.299. The molecular weight excluding hydrogens is 204 g/mol. The molecule has 0 amide bonds. The molecule has 3 nitrogen and oxygen atoms in total. The van der Waals surface area contributed by atoms with E-state index in [4.69, 9.17) is 4.74 Å². The Labute approximate surface area is 98.1 Å². The highest BCUT2D eigenvalue weighted by molar-refractivity contribution is 5.81. The third-order valence-corrected chi connectivity index (χ3v) is 2.01. The largest absolute Gasteiger partial charge is 0.466 e. The van der Waals surface area contributed by atoms with Crippen molar-refractivity contribution < 1.29 is 14.3 Å². The second-order valence-corrected chi connectivity index (χ2v) is 3.39. The van der Waals surface area contributed by atoms with E-state index in [2.05, 4.69) is 16.9 Å². The molecule has 0 aromatic carbocycles. The van der Waals surface area contributed by atoms with Crippen LogP contribution in [0.2, 0.25) is 0 Å². The third-order valence-electron chi connectivity index (χ3n) is 2.01. The van der Waals surface area contributed by atoms with Crippen molar-refractivity contribution in [3.05, 3.63) is 24.3 Å². The summed E-state index contributed by atoms with van der Waals surface area (Å²) in [6, 6.07) is 0. The number of methoxy groups -OCH3 is 1. The first-order valence-corrected chi connectivity index (χ1v) is 5.74. The normalized spacial score (nSPS) is 11.4. The van der Waals surface area contributed by atoms with E-state index < -0.39 is 0 Å². The number of hydrogen-bond donors (Lipinski definition) is 0. The van der Waals surface area contributed by atoms with Gasteiger partial charge in [-0.25, -0.2) is 4.79 Å². The fourth-order valence-corrected chi connectivity index (χ4v) is 1.12. The van der Waals surface area contributed by atoms with Gasteiger partial charge in [0.2, 0.25) is 0 Å². The highest BCUT2D eigenvalue weighted by Gasteiger charge is 1.90. The van der Waals surface area contributed by atoms with E-state index in [1.54, 1.807) is 0 Å². The van der Waals surface area contributed by atoms with Gasteiger partial charge in [-0.2, -0.15) is 0 Å². The summed E-state index contributed by atoms with van der Waals surface area (Å²) in [4.78, 5) is 10.7. The Morgan fingerprint density at radius 3 is 2.31 bits per heavy atom. The van der Waals surface area contributed by atoms with Crippen molar-refractivity contribution in [2.24, 2.45) is 0 Å². The highest BCUT2D eigenvalue weighted by Crippen LogP contribution is 1.96. The van der Waals surface area contributed by atoms with Crippen molar-refractivity contribution in [3.63, 3.8) is 0 Å². The Morgan fingerprint density at radius 2 is 1.75 bits per heavy atom. The number of esters is 1. The summed E-state index contributed by atoms with van der Waals surface area (Å²) in [6.07, 6.45) is 11.4. The van der Waals surface area contributed by atoms with Crippen LogP contribution in [-0.2, 0) is 14.3 Å². The number of hydrogen-bond acceptors (Lipinski definition) is 3. The van der Waals surface area contributed by atoms with E-state index in [0.29, 0.717) is 0 Å². The van der Waals surface area contributed by atoms with Gasteiger partial charge >= 0.3 is 5.97 Å². The summed E-state index contributed by atoms with van der Waals surface area (Å²) >= 11 is 0. The number of rotatable bonds is 9. The van der Waals surface area contributed by atoms with Gasteiger partial charge in [0.1, 0.15) is 0 Å². The van der Waals surface area contributed by atoms with Crippen LogP contribution in [0.25, 0.3) is 0 Å². The van der Waals surface area contributed by atoms with Crippen molar-refractivity contribution in [2.45, 2.75) is 32.6 Å². The van der Waals surface area contributed by atoms with Crippen LogP contribution in [0.1, 0.15) is 32.6 Å². The molecule has 0 aliphatic heterocycles. The van der Waals surface area contributed by atoms with Crippen LogP contribution < -0.4 is 0 Å². The molecule has 0 aliphatic rings. The molecule has 0 saturated heterocycles. The molecule has 0 aromatic heterocycles. The van der Waals surface area contributed by atoms with E-state index in [0.717, 1.165) is 38.9 Å². The number of ether oxygens (including phenoxy) is 2. The van der Waals surface area contributed by atoms with Crippen LogP contribution in [0.5, 0.6) is 0 Å². The number of carbonyl (C=O) groups excluding carboxylic acids is 1. The zero-order chi connectivity index (χ0) is 12.1. The van der Waals surface area contributed by atoms with Gasteiger partial charge in [0, 0.05) is 19.3 Å². The number of allylic oxidation sites excluding steroid dienone is 3. The van der Waals surface area contributed by atoms with Crippen LogP contribution in [0, 0.1) is 0 Å². The summed E-state index contributed by atoms with van der Waals surface area (Å²) in [5, 5.41) is 0. The molecular formula is C13H22O3. The lowest BCUT2D eigenvalue weighted by Crippen LogP contribution is -1.96. The minimum atomic E-state index is -0.299. The molecule has 0 heterocycles. The van der Waals surface area contributed by atoms with Crippen LogP contribution >= 0.6 is 0 Å². The lowest BCUT2D eigenvalue weighted by molar-refractivity contribution is -0.134. The van der Waals surface area contributed by atoms with E-state index in [1.165, 1.54) is 13.2 Å². The fraction of sp³-hybridized carbons (Fsp3) is 0.615. The summed E-state index contributed by atoms with van der Waals surface area (Å²) < 4.78 is 9.90. The standard InChI is InChI=1S/C13H22O3/c1-3-4-5-8-11-16-12-9-6-7-10-13(14)15-2/h3-4,7,10H,5-6,8-9,11-12H2,1-2H3/b4-3+,10-7+. The maximum Gasteiger partial charge on any atom is 0.330 e. The molecule has 0 fully saturated rings. The minimum Gasteiger partial charge on any atom is -0.466 e. The van der Waals surface area contributed by atoms with Gasteiger partial charge in [-0.05, 0) is 32.6 Å². The van der Waals surface area contributed by atoms with E-state index in [-0.39, 0.29) is 5.97 Å². The molecule has 92 valence electrons. The molecule has 0 bridgehead atoms. The van der Waals surface area contributed by atoms with Gasteiger partial charge in [-0.15, -0.1) is 0 Å². The summed E-state index contributed by atoms with van der Waals surface area (Å²) in [5.41, 5.74) is 0. The predicted octanol–water partition coefficient (Wildman–Crippen LogP) is 2.87. The van der Waals surface area contributed by atoms with Gasteiger partial charge in [0.15, 0.2) is 0 Å².